The van der Waals surface area contributed by atoms with Crippen LogP contribution in [0.4, 0.5) is 0 Å². The summed E-state index contributed by atoms with van der Waals surface area (Å²) in [5.74, 6) is 0.126. The van der Waals surface area contributed by atoms with Crippen LogP contribution in [0, 0.1) is 0 Å². The largest absolute Gasteiger partial charge is 0.491 e. The van der Waals surface area contributed by atoms with Gasteiger partial charge in [-0.25, -0.2) is 0 Å². The summed E-state index contributed by atoms with van der Waals surface area (Å²) in [6.45, 7) is 1.01. The summed E-state index contributed by atoms with van der Waals surface area (Å²) >= 11 is 0. The number of nitrogens with zero attached hydrogens (tertiary/aromatic N) is 1. The molecule has 3 aromatic rings. The van der Waals surface area contributed by atoms with Gasteiger partial charge < -0.3 is 20.1 Å². The first-order valence-electron chi connectivity index (χ1n) is 11.2. The average Bonchev–Trinajstić information content (AvgIpc) is 3.37. The van der Waals surface area contributed by atoms with Crippen LogP contribution < -0.4 is 10.1 Å². The highest BCUT2D eigenvalue weighted by Gasteiger charge is 2.35. The predicted octanol–water partition coefficient (Wildman–Crippen LogP) is 3.66. The van der Waals surface area contributed by atoms with Gasteiger partial charge in [-0.3, -0.25) is 9.59 Å². The number of aliphatic hydroxyl groups excluding tert-OH is 1. The Labute approximate surface area is 193 Å². The topological polar surface area (TPSA) is 78.9 Å². The summed E-state index contributed by atoms with van der Waals surface area (Å²) < 4.78 is 5.70. The van der Waals surface area contributed by atoms with Crippen molar-refractivity contribution in [1.82, 2.24) is 10.2 Å². The lowest BCUT2D eigenvalue weighted by atomic mass is 10.0. The highest BCUT2D eigenvalue weighted by atomic mass is 16.5. The van der Waals surface area contributed by atoms with Gasteiger partial charge in [0, 0.05) is 13.1 Å². The van der Waals surface area contributed by atoms with Crippen LogP contribution in [0.2, 0.25) is 0 Å². The zero-order chi connectivity index (χ0) is 23.0. The van der Waals surface area contributed by atoms with Gasteiger partial charge in [0.2, 0.25) is 0 Å². The minimum atomic E-state index is -0.823. The van der Waals surface area contributed by atoms with E-state index in [9.17, 15) is 14.7 Å². The number of carbonyl (C=O) groups excluding carboxylic acids is 2. The van der Waals surface area contributed by atoms with Crippen LogP contribution in [0.5, 0.6) is 5.75 Å². The number of para-hydroxylation sites is 1. The molecule has 2 amide bonds. The number of hydrogen-bond acceptors (Lipinski definition) is 4. The molecule has 33 heavy (non-hydrogen) atoms. The maximum atomic E-state index is 13.4. The lowest BCUT2D eigenvalue weighted by molar-refractivity contribution is 0.0299. The number of amides is 2. The first kappa shape index (κ1) is 22.6. The molecule has 0 saturated carbocycles. The summed E-state index contributed by atoms with van der Waals surface area (Å²) in [5.41, 5.74) is 1.65. The van der Waals surface area contributed by atoms with Crippen molar-refractivity contribution in [1.29, 1.82) is 0 Å². The molecule has 4 rings (SSSR count). The van der Waals surface area contributed by atoms with Gasteiger partial charge in [0.1, 0.15) is 18.5 Å². The Bertz CT molecular complexity index is 1070. The number of likely N-dealkylation sites (tertiary alicyclic amines) is 1. The second-order valence-electron chi connectivity index (χ2n) is 8.11. The minimum Gasteiger partial charge on any atom is -0.491 e. The Morgan fingerprint density at radius 1 is 0.939 bits per heavy atom. The standard InChI is InChI=1S/C27H28N2O4/c30-25(19-33-21-12-5-2-6-13-21)24-16-9-17-29(24)27(32)23-15-8-7-14-22(23)26(31)28-18-20-10-3-1-4-11-20/h1-8,10-15,24-25,30H,9,16-19H2,(H,28,31)/t24-,25?/m0/s1. The van der Waals surface area contributed by atoms with Gasteiger partial charge in [-0.15, -0.1) is 0 Å². The highest BCUT2D eigenvalue weighted by molar-refractivity contribution is 6.07. The number of hydrogen-bond donors (Lipinski definition) is 2. The van der Waals surface area contributed by atoms with Crippen molar-refractivity contribution >= 4 is 11.8 Å². The van der Waals surface area contributed by atoms with Crippen LogP contribution in [-0.2, 0) is 6.54 Å². The zero-order valence-electron chi connectivity index (χ0n) is 18.4. The first-order chi connectivity index (χ1) is 16.1. The summed E-state index contributed by atoms with van der Waals surface area (Å²) in [5, 5.41) is 13.7. The molecular formula is C27H28N2O4. The van der Waals surface area contributed by atoms with E-state index in [0.29, 0.717) is 36.4 Å². The lowest BCUT2D eigenvalue weighted by Gasteiger charge is -2.29. The van der Waals surface area contributed by atoms with Crippen LogP contribution in [0.15, 0.2) is 84.9 Å². The quantitative estimate of drug-likeness (QED) is 0.556. The average molecular weight is 445 g/mol. The van der Waals surface area contributed by atoms with Gasteiger partial charge in [-0.1, -0.05) is 60.7 Å². The highest BCUT2D eigenvalue weighted by Crippen LogP contribution is 2.25. The fourth-order valence-electron chi connectivity index (χ4n) is 4.15. The van der Waals surface area contributed by atoms with Crippen molar-refractivity contribution in [2.45, 2.75) is 31.5 Å². The molecule has 0 bridgehead atoms. The molecule has 6 nitrogen and oxygen atoms in total. The smallest absolute Gasteiger partial charge is 0.255 e. The van der Waals surface area contributed by atoms with Crippen molar-refractivity contribution in [2.24, 2.45) is 0 Å². The van der Waals surface area contributed by atoms with E-state index < -0.39 is 6.10 Å². The molecule has 1 fully saturated rings. The molecular weight excluding hydrogens is 416 g/mol. The number of rotatable bonds is 8. The number of carbonyl (C=O) groups is 2. The molecule has 1 saturated heterocycles. The molecule has 0 aliphatic carbocycles. The SMILES string of the molecule is O=C(NCc1ccccc1)c1ccccc1C(=O)N1CCC[C@H]1C(O)COc1ccccc1. The van der Waals surface area contributed by atoms with Gasteiger partial charge in [0.15, 0.2) is 0 Å². The molecule has 0 spiro atoms. The lowest BCUT2D eigenvalue weighted by Crippen LogP contribution is -2.45. The van der Waals surface area contributed by atoms with E-state index in [2.05, 4.69) is 5.32 Å². The molecule has 6 heteroatoms. The minimum absolute atomic E-state index is 0.0949. The number of ether oxygens (including phenoxy) is 1. The van der Waals surface area contributed by atoms with Gasteiger partial charge in [-0.05, 0) is 42.7 Å². The van der Waals surface area contributed by atoms with Crippen LogP contribution in [0.1, 0.15) is 39.1 Å². The summed E-state index contributed by atoms with van der Waals surface area (Å²) in [6, 6.07) is 25.4. The number of benzene rings is 3. The van der Waals surface area contributed by atoms with Gasteiger partial charge in [-0.2, -0.15) is 0 Å². The molecule has 2 N–H and O–H groups in total. The van der Waals surface area contributed by atoms with Crippen LogP contribution in [0.3, 0.4) is 0 Å². The van der Waals surface area contributed by atoms with Crippen LogP contribution in [-0.4, -0.2) is 47.1 Å². The van der Waals surface area contributed by atoms with Gasteiger partial charge >= 0.3 is 0 Å². The molecule has 3 aromatic carbocycles. The van der Waals surface area contributed by atoms with Crippen LogP contribution >= 0.6 is 0 Å². The van der Waals surface area contributed by atoms with Crippen LogP contribution in [0.25, 0.3) is 0 Å². The van der Waals surface area contributed by atoms with Gasteiger partial charge in [0.25, 0.3) is 11.8 Å². The van der Waals surface area contributed by atoms with Crippen molar-refractivity contribution in [2.75, 3.05) is 13.2 Å². The number of nitrogens with one attached hydrogen (secondary N) is 1. The molecule has 1 heterocycles. The Morgan fingerprint density at radius 2 is 1.58 bits per heavy atom. The molecule has 2 atom stereocenters. The Morgan fingerprint density at radius 3 is 2.30 bits per heavy atom. The number of aliphatic hydroxyl groups is 1. The third-order valence-corrected chi connectivity index (χ3v) is 5.87. The molecule has 170 valence electrons. The van der Waals surface area contributed by atoms with E-state index in [1.54, 1.807) is 29.2 Å². The van der Waals surface area contributed by atoms with Crippen molar-refractivity contribution in [3.05, 3.63) is 102 Å². The molecule has 1 aliphatic rings. The molecule has 1 aliphatic heterocycles. The van der Waals surface area contributed by atoms with E-state index >= 15 is 0 Å². The summed E-state index contributed by atoms with van der Waals surface area (Å²) in [6.07, 6.45) is 0.657. The Balaban J connectivity index is 1.44. The van der Waals surface area contributed by atoms with E-state index in [4.69, 9.17) is 4.74 Å². The van der Waals surface area contributed by atoms with E-state index in [1.165, 1.54) is 0 Å². The van der Waals surface area contributed by atoms with Gasteiger partial charge in [0.05, 0.1) is 17.2 Å². The molecule has 1 unspecified atom stereocenters. The first-order valence-corrected chi connectivity index (χ1v) is 11.2. The second-order valence-corrected chi connectivity index (χ2v) is 8.11. The predicted molar refractivity (Wildman–Crippen MR) is 126 cm³/mol. The normalized spacial score (nSPS) is 16.3. The Hall–Kier alpha value is -3.64. The third-order valence-electron chi connectivity index (χ3n) is 5.87. The third kappa shape index (κ3) is 5.59. The van der Waals surface area contributed by atoms with Crippen molar-refractivity contribution < 1.29 is 19.4 Å². The van der Waals surface area contributed by atoms with E-state index in [-0.39, 0.29) is 24.5 Å². The second kappa shape index (κ2) is 10.8. The Kier molecular flexibility index (Phi) is 7.37. The molecule has 0 aromatic heterocycles. The van der Waals surface area contributed by atoms with E-state index in [0.717, 1.165) is 12.0 Å². The van der Waals surface area contributed by atoms with Crippen molar-refractivity contribution in [3.8, 4) is 5.75 Å². The fourth-order valence-corrected chi connectivity index (χ4v) is 4.15. The summed E-state index contributed by atoms with van der Waals surface area (Å²) in [4.78, 5) is 28.0. The monoisotopic (exact) mass is 444 g/mol. The van der Waals surface area contributed by atoms with Crippen molar-refractivity contribution in [3.63, 3.8) is 0 Å². The van der Waals surface area contributed by atoms with E-state index in [1.807, 2.05) is 60.7 Å². The maximum Gasteiger partial charge on any atom is 0.255 e. The zero-order valence-corrected chi connectivity index (χ0v) is 18.4. The summed E-state index contributed by atoms with van der Waals surface area (Å²) in [7, 11) is 0. The fraction of sp³-hybridized carbons (Fsp3) is 0.259. The maximum absolute atomic E-state index is 13.4. The molecule has 0 radical (unpaired) electrons.